The van der Waals surface area contributed by atoms with Crippen molar-refractivity contribution in [2.24, 2.45) is 0 Å². The van der Waals surface area contributed by atoms with Crippen LogP contribution < -0.4 is 5.11 Å². The number of quaternary nitrogens is 1. The maximum Gasteiger partial charge on any atom is 0.306 e. The van der Waals surface area contributed by atoms with Crippen LogP contribution in [-0.4, -0.2) is 82.3 Å². The van der Waals surface area contributed by atoms with Gasteiger partial charge in [0, 0.05) is 12.8 Å². The Morgan fingerprint density at radius 2 is 0.433 bits per heavy atom. The summed E-state index contributed by atoms with van der Waals surface area (Å²) >= 11 is 0. The molecule has 0 aliphatic carbocycles. The summed E-state index contributed by atoms with van der Waals surface area (Å²) < 4.78 is 23.0. The summed E-state index contributed by atoms with van der Waals surface area (Å²) in [6, 6.07) is 0. The van der Waals surface area contributed by atoms with E-state index >= 15 is 0 Å². The summed E-state index contributed by atoms with van der Waals surface area (Å²) in [4.78, 5) is 37.7. The molecule has 9 nitrogen and oxygen atoms in total. The number of aliphatic carboxylic acids is 1. The summed E-state index contributed by atoms with van der Waals surface area (Å²) in [5, 5.41) is 11.9. The molecule has 0 aromatic rings. The molecule has 2 atom stereocenters. The van der Waals surface area contributed by atoms with Crippen molar-refractivity contribution in [2.45, 2.75) is 546 Å². The highest BCUT2D eigenvalue weighted by Crippen LogP contribution is 2.22. The van der Waals surface area contributed by atoms with Gasteiger partial charge in [-0.3, -0.25) is 9.59 Å². The highest BCUT2D eigenvalue weighted by Gasteiger charge is 2.22. The molecule has 0 spiro atoms. The van der Waals surface area contributed by atoms with Crippen molar-refractivity contribution in [1.29, 1.82) is 0 Å². The molecule has 104 heavy (non-hydrogen) atoms. The van der Waals surface area contributed by atoms with Gasteiger partial charge in [0.2, 0.25) is 0 Å². The van der Waals surface area contributed by atoms with Crippen LogP contribution in [-0.2, 0) is 33.3 Å². The van der Waals surface area contributed by atoms with Crippen LogP contribution in [0.3, 0.4) is 0 Å². The number of nitrogens with zero attached hydrogens (tertiary/aromatic N) is 1. The second-order valence-electron chi connectivity index (χ2n) is 34.4. The van der Waals surface area contributed by atoms with Crippen LogP contribution in [0.5, 0.6) is 0 Å². The Hall–Kier alpha value is -1.71. The van der Waals surface area contributed by atoms with Crippen molar-refractivity contribution in [3.05, 3.63) is 0 Å². The highest BCUT2D eigenvalue weighted by molar-refractivity contribution is 5.70. The number of hydrogen-bond acceptors (Lipinski definition) is 8. The number of likely N-dealkylation sites (N-methyl/N-ethyl adjacent to an activating group) is 1. The third-order valence-corrected chi connectivity index (χ3v) is 22.6. The summed E-state index contributed by atoms with van der Waals surface area (Å²) in [7, 11) is 5.97. The molecule has 620 valence electrons. The van der Waals surface area contributed by atoms with Crippen LogP contribution in [0, 0.1) is 0 Å². The molecule has 0 aliphatic heterocycles. The first-order valence-electron chi connectivity index (χ1n) is 47.7. The van der Waals surface area contributed by atoms with Crippen LogP contribution >= 0.6 is 0 Å². The maximum atomic E-state index is 13.0. The van der Waals surface area contributed by atoms with Crippen molar-refractivity contribution < 1.29 is 42.9 Å². The fourth-order valence-corrected chi connectivity index (χ4v) is 15.4. The van der Waals surface area contributed by atoms with E-state index in [4.69, 9.17) is 18.9 Å². The van der Waals surface area contributed by atoms with E-state index in [2.05, 4.69) is 13.8 Å². The van der Waals surface area contributed by atoms with Gasteiger partial charge in [0.1, 0.15) is 13.2 Å². The first kappa shape index (κ1) is 102. The van der Waals surface area contributed by atoms with Gasteiger partial charge in [0.15, 0.2) is 12.4 Å². The third kappa shape index (κ3) is 87.5. The molecule has 0 fully saturated rings. The minimum atomic E-state index is -1.62. The van der Waals surface area contributed by atoms with E-state index in [1.54, 1.807) is 0 Å². The van der Waals surface area contributed by atoms with Crippen LogP contribution in [0.1, 0.15) is 534 Å². The van der Waals surface area contributed by atoms with Crippen molar-refractivity contribution >= 4 is 17.9 Å². The number of carboxylic acids is 1. The molecule has 0 N–H and O–H groups in total. The Balaban J connectivity index is 3.84. The minimum absolute atomic E-state index is 0.154. The predicted octanol–water partition coefficient (Wildman–Crippen LogP) is 29.9. The van der Waals surface area contributed by atoms with Crippen LogP contribution in [0.4, 0.5) is 0 Å². The molecule has 0 saturated carbocycles. The zero-order valence-corrected chi connectivity index (χ0v) is 71.5. The summed E-state index contributed by atoms with van der Waals surface area (Å²) in [5.74, 6) is -2.23. The molecular weight excluding hydrogens is 1280 g/mol. The molecular formula is C95H187NO8. The van der Waals surface area contributed by atoms with E-state index in [0.29, 0.717) is 17.4 Å². The summed E-state index contributed by atoms with van der Waals surface area (Å²) in [6.07, 6.45) is 107. The lowest BCUT2D eigenvalue weighted by Gasteiger charge is -2.26. The zero-order chi connectivity index (χ0) is 75.3. The first-order chi connectivity index (χ1) is 51.1. The first-order valence-corrected chi connectivity index (χ1v) is 47.7. The quantitative estimate of drug-likeness (QED) is 0.0256. The van der Waals surface area contributed by atoms with Gasteiger partial charge in [-0.1, -0.05) is 508 Å². The van der Waals surface area contributed by atoms with Crippen molar-refractivity contribution in [1.82, 2.24) is 0 Å². The summed E-state index contributed by atoms with van der Waals surface area (Å²) in [6.45, 7) is 4.87. The lowest BCUT2D eigenvalue weighted by molar-refractivity contribution is -0.870. The molecule has 0 rings (SSSR count). The lowest BCUT2D eigenvalue weighted by atomic mass is 10.0. The predicted molar refractivity (Wildman–Crippen MR) is 450 cm³/mol. The Bertz CT molecular complexity index is 1670. The van der Waals surface area contributed by atoms with Crippen LogP contribution in [0.15, 0.2) is 0 Å². The molecule has 0 amide bonds. The second-order valence-corrected chi connectivity index (χ2v) is 34.4. The summed E-state index contributed by atoms with van der Waals surface area (Å²) in [5.41, 5.74) is 0. The van der Waals surface area contributed by atoms with Gasteiger partial charge in [0.05, 0.1) is 40.3 Å². The van der Waals surface area contributed by atoms with Crippen LogP contribution in [0.2, 0.25) is 0 Å². The van der Waals surface area contributed by atoms with E-state index < -0.39 is 24.3 Å². The molecule has 0 saturated heterocycles. The fourth-order valence-electron chi connectivity index (χ4n) is 15.4. The number of carbonyl (C=O) groups is 3. The van der Waals surface area contributed by atoms with Gasteiger partial charge in [0.25, 0.3) is 0 Å². The third-order valence-electron chi connectivity index (χ3n) is 22.6. The average molecular weight is 1470 g/mol. The van der Waals surface area contributed by atoms with Crippen molar-refractivity contribution in [3.8, 4) is 0 Å². The number of unbranched alkanes of at least 4 members (excludes halogenated alkanes) is 77. The average Bonchev–Trinajstić information content (AvgIpc) is 0.946. The zero-order valence-electron chi connectivity index (χ0n) is 71.5. The second kappa shape index (κ2) is 86.9. The Morgan fingerprint density at radius 1 is 0.250 bits per heavy atom. The molecule has 0 heterocycles. The lowest BCUT2D eigenvalue weighted by Crippen LogP contribution is -2.44. The fraction of sp³-hybridized carbons (Fsp3) is 0.968. The molecule has 0 radical (unpaired) electrons. The van der Waals surface area contributed by atoms with Gasteiger partial charge < -0.3 is 33.3 Å². The number of ether oxygens (including phenoxy) is 4. The highest BCUT2D eigenvalue weighted by atomic mass is 16.7. The van der Waals surface area contributed by atoms with E-state index in [1.165, 1.54) is 469 Å². The maximum absolute atomic E-state index is 13.0. The number of hydrogen-bond donors (Lipinski definition) is 0. The van der Waals surface area contributed by atoms with Crippen molar-refractivity contribution in [3.63, 3.8) is 0 Å². The standard InChI is InChI=1S/C95H187NO8/c1-6-8-10-12-14-16-18-20-22-24-26-28-30-32-34-36-38-40-42-44-46-48-50-52-54-56-58-60-62-64-66-68-70-72-74-76-78-80-82-84-86-93(98)104-91(90-103-95(94(99)100)101-88-87-96(3,4)5)89-102-92(97)85-83-81-79-77-75-73-71-69-67-65-63-61-59-57-55-53-51-49-47-45-43-41-39-37-35-33-31-29-27-25-23-21-19-17-15-13-11-9-7-2/h91,95H,6-90H2,1-5H3. The normalized spacial score (nSPS) is 12.4. The molecule has 0 aliphatic rings. The van der Waals surface area contributed by atoms with E-state index in [9.17, 15) is 19.5 Å². The van der Waals surface area contributed by atoms with Gasteiger partial charge in [-0.15, -0.1) is 0 Å². The molecule has 2 unspecified atom stereocenters. The van der Waals surface area contributed by atoms with Gasteiger partial charge in [-0.2, -0.15) is 0 Å². The van der Waals surface area contributed by atoms with Crippen molar-refractivity contribution in [2.75, 3.05) is 47.5 Å². The molecule has 0 aromatic carbocycles. The van der Waals surface area contributed by atoms with Crippen LogP contribution in [0.25, 0.3) is 0 Å². The van der Waals surface area contributed by atoms with Gasteiger partial charge in [-0.25, -0.2) is 0 Å². The number of carboxylic acid groups (broad SMARTS) is 1. The Kier molecular flexibility index (Phi) is 85.4. The van der Waals surface area contributed by atoms with Gasteiger partial charge >= 0.3 is 11.9 Å². The number of esters is 2. The molecule has 0 bridgehead atoms. The topological polar surface area (TPSA) is 111 Å². The van der Waals surface area contributed by atoms with E-state index in [0.717, 1.165) is 38.5 Å². The van der Waals surface area contributed by atoms with Gasteiger partial charge in [-0.05, 0) is 12.8 Å². The molecule has 0 aromatic heterocycles. The SMILES string of the molecule is CCCCCCCCCCCCCCCCCCCCCCCCCCCCCCCCCCCCCCCCCCC(=O)OC(COC(=O)CCCCCCCCCCCCCCCCCCCCCCCCCCCCCCCCCCCCCCCCC)COC(OCC[N+](C)(C)C)C(=O)[O-]. The van der Waals surface area contributed by atoms with E-state index in [-0.39, 0.29) is 32.2 Å². The monoisotopic (exact) mass is 1470 g/mol. The Labute approximate surface area is 651 Å². The van der Waals surface area contributed by atoms with E-state index in [1.807, 2.05) is 21.1 Å². The smallest absolute Gasteiger partial charge is 0.306 e. The number of carbonyl (C=O) groups excluding carboxylic acids is 3. The number of rotatable bonds is 92. The Morgan fingerprint density at radius 3 is 0.615 bits per heavy atom. The molecule has 9 heteroatoms. The minimum Gasteiger partial charge on any atom is -0.545 e. The largest absolute Gasteiger partial charge is 0.545 e.